The van der Waals surface area contributed by atoms with Gasteiger partial charge >= 0.3 is 0 Å². The van der Waals surface area contributed by atoms with Crippen LogP contribution in [0.4, 0.5) is 11.4 Å². The molecule has 0 saturated heterocycles. The summed E-state index contributed by atoms with van der Waals surface area (Å²) >= 11 is 0. The lowest BCUT2D eigenvalue weighted by molar-refractivity contribution is 0.0985. The standard InChI is InChI=1S/C25H26N2O3/c1-4-27(21-13-6-5-7-14-21)25(29)19-11-10-12-20(17-19)26-24(28)22-15-8-9-16-23(22)30-18(2)3/h5-18H,4H2,1-3H3,(H,26,28). The highest BCUT2D eigenvalue weighted by Gasteiger charge is 2.18. The van der Waals surface area contributed by atoms with E-state index >= 15 is 0 Å². The van der Waals surface area contributed by atoms with Crippen LogP contribution in [0.3, 0.4) is 0 Å². The lowest BCUT2D eigenvalue weighted by Crippen LogP contribution is -2.30. The number of ether oxygens (including phenoxy) is 1. The van der Waals surface area contributed by atoms with Crippen LogP contribution in [0, 0.1) is 0 Å². The van der Waals surface area contributed by atoms with E-state index in [1.165, 1.54) is 0 Å². The zero-order valence-electron chi connectivity index (χ0n) is 17.5. The SMILES string of the molecule is CCN(C(=O)c1cccc(NC(=O)c2ccccc2OC(C)C)c1)c1ccccc1. The number of rotatable bonds is 7. The fraction of sp³-hybridized carbons (Fsp3) is 0.200. The molecule has 0 saturated carbocycles. The Balaban J connectivity index is 1.81. The summed E-state index contributed by atoms with van der Waals surface area (Å²) in [6, 6.07) is 23.6. The van der Waals surface area contributed by atoms with Gasteiger partial charge in [0.05, 0.1) is 11.7 Å². The number of benzene rings is 3. The second kappa shape index (κ2) is 9.74. The lowest BCUT2D eigenvalue weighted by Gasteiger charge is -2.21. The monoisotopic (exact) mass is 402 g/mol. The molecule has 0 aromatic heterocycles. The third-order valence-corrected chi connectivity index (χ3v) is 4.49. The molecule has 0 aliphatic rings. The van der Waals surface area contributed by atoms with Crippen molar-refractivity contribution in [3.05, 3.63) is 90.0 Å². The van der Waals surface area contributed by atoms with Crippen molar-refractivity contribution >= 4 is 23.2 Å². The first kappa shape index (κ1) is 21.1. The van der Waals surface area contributed by atoms with Crippen LogP contribution >= 0.6 is 0 Å². The molecule has 30 heavy (non-hydrogen) atoms. The molecule has 0 fully saturated rings. The molecule has 0 aliphatic carbocycles. The number of nitrogens with zero attached hydrogens (tertiary/aromatic N) is 1. The second-order valence-electron chi connectivity index (χ2n) is 7.08. The van der Waals surface area contributed by atoms with Gasteiger partial charge < -0.3 is 15.0 Å². The molecule has 5 heteroatoms. The highest BCUT2D eigenvalue weighted by molar-refractivity contribution is 6.09. The van der Waals surface area contributed by atoms with Crippen LogP contribution < -0.4 is 15.0 Å². The van der Waals surface area contributed by atoms with Gasteiger partial charge in [0.25, 0.3) is 11.8 Å². The van der Waals surface area contributed by atoms with Gasteiger partial charge in [0.1, 0.15) is 5.75 Å². The van der Waals surface area contributed by atoms with Crippen LogP contribution in [0.1, 0.15) is 41.5 Å². The summed E-state index contributed by atoms with van der Waals surface area (Å²) in [7, 11) is 0. The molecule has 154 valence electrons. The number of carbonyl (C=O) groups excluding carboxylic acids is 2. The molecule has 0 bridgehead atoms. The van der Waals surface area contributed by atoms with Gasteiger partial charge in [0.2, 0.25) is 0 Å². The van der Waals surface area contributed by atoms with Crippen LogP contribution in [0.15, 0.2) is 78.9 Å². The van der Waals surface area contributed by atoms with Crippen molar-refractivity contribution in [3.8, 4) is 5.75 Å². The van der Waals surface area contributed by atoms with E-state index < -0.39 is 0 Å². The van der Waals surface area contributed by atoms with Crippen molar-refractivity contribution in [2.75, 3.05) is 16.8 Å². The largest absolute Gasteiger partial charge is 0.490 e. The summed E-state index contributed by atoms with van der Waals surface area (Å²) in [5.74, 6) is 0.119. The highest BCUT2D eigenvalue weighted by atomic mass is 16.5. The summed E-state index contributed by atoms with van der Waals surface area (Å²) < 4.78 is 5.74. The van der Waals surface area contributed by atoms with Crippen molar-refractivity contribution < 1.29 is 14.3 Å². The number of carbonyl (C=O) groups is 2. The summed E-state index contributed by atoms with van der Waals surface area (Å²) in [5, 5.41) is 2.87. The molecule has 0 spiro atoms. The molecule has 1 N–H and O–H groups in total. The zero-order chi connectivity index (χ0) is 21.5. The van der Waals surface area contributed by atoms with Crippen LogP contribution in [-0.2, 0) is 0 Å². The summed E-state index contributed by atoms with van der Waals surface area (Å²) in [5.41, 5.74) is 2.33. The molecule has 0 radical (unpaired) electrons. The van der Waals surface area contributed by atoms with E-state index in [1.54, 1.807) is 47.4 Å². The van der Waals surface area contributed by atoms with E-state index in [4.69, 9.17) is 4.74 Å². The third kappa shape index (κ3) is 5.06. The Bertz CT molecular complexity index is 1020. The molecule has 3 rings (SSSR count). The maximum absolute atomic E-state index is 13.1. The second-order valence-corrected chi connectivity index (χ2v) is 7.08. The van der Waals surface area contributed by atoms with Crippen LogP contribution in [0.5, 0.6) is 5.75 Å². The minimum atomic E-state index is -0.286. The minimum Gasteiger partial charge on any atom is -0.490 e. The predicted octanol–water partition coefficient (Wildman–Crippen LogP) is 5.39. The van der Waals surface area contributed by atoms with Crippen molar-refractivity contribution in [2.24, 2.45) is 0 Å². The molecule has 3 aromatic rings. The molecular weight excluding hydrogens is 376 g/mol. The lowest BCUT2D eigenvalue weighted by atomic mass is 10.1. The van der Waals surface area contributed by atoms with E-state index in [0.29, 0.717) is 29.1 Å². The smallest absolute Gasteiger partial charge is 0.259 e. The quantitative estimate of drug-likeness (QED) is 0.576. The Labute approximate surface area is 177 Å². The molecule has 5 nitrogen and oxygen atoms in total. The number of hydrogen-bond acceptors (Lipinski definition) is 3. The predicted molar refractivity (Wildman–Crippen MR) is 120 cm³/mol. The topological polar surface area (TPSA) is 58.6 Å². The molecule has 0 unspecified atom stereocenters. The average molecular weight is 402 g/mol. The van der Waals surface area contributed by atoms with Crippen molar-refractivity contribution in [1.29, 1.82) is 0 Å². The number of hydrogen-bond donors (Lipinski definition) is 1. The average Bonchev–Trinajstić information content (AvgIpc) is 2.75. The van der Waals surface area contributed by atoms with Gasteiger partial charge in [-0.05, 0) is 63.2 Å². The fourth-order valence-electron chi connectivity index (χ4n) is 3.15. The third-order valence-electron chi connectivity index (χ3n) is 4.49. The van der Waals surface area contributed by atoms with E-state index in [1.807, 2.05) is 57.2 Å². The van der Waals surface area contributed by atoms with Crippen molar-refractivity contribution in [1.82, 2.24) is 0 Å². The number of anilines is 2. The van der Waals surface area contributed by atoms with E-state index in [9.17, 15) is 9.59 Å². The van der Waals surface area contributed by atoms with Gasteiger partial charge in [0, 0.05) is 23.5 Å². The van der Waals surface area contributed by atoms with Gasteiger partial charge in [-0.3, -0.25) is 9.59 Å². The fourth-order valence-corrected chi connectivity index (χ4v) is 3.15. The van der Waals surface area contributed by atoms with Crippen molar-refractivity contribution in [3.63, 3.8) is 0 Å². The Kier molecular flexibility index (Phi) is 6.86. The van der Waals surface area contributed by atoms with Crippen LogP contribution in [-0.4, -0.2) is 24.5 Å². The van der Waals surface area contributed by atoms with Gasteiger partial charge in [-0.1, -0.05) is 36.4 Å². The number of para-hydroxylation sites is 2. The van der Waals surface area contributed by atoms with Crippen LogP contribution in [0.2, 0.25) is 0 Å². The summed E-state index contributed by atoms with van der Waals surface area (Å²) in [6.07, 6.45) is -0.0436. The molecule has 0 atom stereocenters. The first-order chi connectivity index (χ1) is 14.5. The maximum Gasteiger partial charge on any atom is 0.259 e. The molecular formula is C25H26N2O3. The van der Waals surface area contributed by atoms with Crippen molar-refractivity contribution in [2.45, 2.75) is 26.9 Å². The number of amides is 2. The summed E-state index contributed by atoms with van der Waals surface area (Å²) in [6.45, 7) is 6.30. The van der Waals surface area contributed by atoms with Gasteiger partial charge in [0.15, 0.2) is 0 Å². The Morgan fingerprint density at radius 1 is 0.933 bits per heavy atom. The Hall–Kier alpha value is -3.60. The highest BCUT2D eigenvalue weighted by Crippen LogP contribution is 2.22. The van der Waals surface area contributed by atoms with E-state index in [0.717, 1.165) is 5.69 Å². The first-order valence-electron chi connectivity index (χ1n) is 10.0. The Morgan fingerprint density at radius 3 is 2.33 bits per heavy atom. The van der Waals surface area contributed by atoms with E-state index in [2.05, 4.69) is 5.32 Å². The zero-order valence-corrected chi connectivity index (χ0v) is 17.5. The maximum atomic E-state index is 13.1. The van der Waals surface area contributed by atoms with E-state index in [-0.39, 0.29) is 17.9 Å². The Morgan fingerprint density at radius 2 is 1.63 bits per heavy atom. The number of nitrogens with one attached hydrogen (secondary N) is 1. The minimum absolute atomic E-state index is 0.0436. The molecule has 3 aromatic carbocycles. The summed E-state index contributed by atoms with van der Waals surface area (Å²) in [4.78, 5) is 27.6. The molecule has 0 aliphatic heterocycles. The van der Waals surface area contributed by atoms with Crippen LogP contribution in [0.25, 0.3) is 0 Å². The normalized spacial score (nSPS) is 10.5. The molecule has 0 heterocycles. The van der Waals surface area contributed by atoms with Gasteiger partial charge in [-0.25, -0.2) is 0 Å². The van der Waals surface area contributed by atoms with Gasteiger partial charge in [-0.2, -0.15) is 0 Å². The first-order valence-corrected chi connectivity index (χ1v) is 10.0. The van der Waals surface area contributed by atoms with Gasteiger partial charge in [-0.15, -0.1) is 0 Å². The molecule has 2 amide bonds.